The minimum Gasteiger partial charge on any atom is -0.456 e. The van der Waals surface area contributed by atoms with E-state index < -0.39 is 0 Å². The fraction of sp³-hybridized carbons (Fsp3) is 0. The van der Waals surface area contributed by atoms with Gasteiger partial charge in [-0.05, 0) is 76.9 Å². The van der Waals surface area contributed by atoms with Crippen LogP contribution in [0.2, 0.25) is 0 Å². The summed E-state index contributed by atoms with van der Waals surface area (Å²) in [6.07, 6.45) is 0. The quantitative estimate of drug-likeness (QED) is 0.172. The van der Waals surface area contributed by atoms with Gasteiger partial charge in [-0.25, -0.2) is 15.0 Å². The van der Waals surface area contributed by atoms with Gasteiger partial charge in [-0.3, -0.25) is 0 Å². The summed E-state index contributed by atoms with van der Waals surface area (Å²) in [7, 11) is 0. The van der Waals surface area contributed by atoms with E-state index in [0.29, 0.717) is 17.5 Å². The Bertz CT molecular complexity index is 3170. The summed E-state index contributed by atoms with van der Waals surface area (Å²) in [5.74, 6) is 1.85. The van der Waals surface area contributed by atoms with Crippen molar-refractivity contribution in [3.63, 3.8) is 0 Å². The van der Waals surface area contributed by atoms with Crippen molar-refractivity contribution >= 4 is 43.7 Å². The molecule has 3 aromatic heterocycles. The molecule has 262 valence electrons. The molecular weight excluding hydrogens is 685 g/mol. The minimum absolute atomic E-state index is 0.596. The Morgan fingerprint density at radius 3 is 1.36 bits per heavy atom. The highest BCUT2D eigenvalue weighted by Gasteiger charge is 2.17. The Morgan fingerprint density at radius 1 is 0.304 bits per heavy atom. The maximum atomic E-state index is 6.61. The van der Waals surface area contributed by atoms with Gasteiger partial charge in [0.15, 0.2) is 17.5 Å². The summed E-state index contributed by atoms with van der Waals surface area (Å²) < 4.78 is 8.99. The molecule has 8 aromatic carbocycles. The highest BCUT2D eigenvalue weighted by atomic mass is 16.3. The third kappa shape index (κ3) is 5.45. The summed E-state index contributed by atoms with van der Waals surface area (Å²) in [6, 6.07) is 67.6. The zero-order chi connectivity index (χ0) is 37.0. The molecule has 0 fully saturated rings. The largest absolute Gasteiger partial charge is 0.456 e. The van der Waals surface area contributed by atoms with Crippen LogP contribution in [0.25, 0.3) is 106 Å². The number of hydrogen-bond donors (Lipinski definition) is 0. The Hall–Kier alpha value is -7.63. The van der Waals surface area contributed by atoms with Gasteiger partial charge >= 0.3 is 0 Å². The first-order chi connectivity index (χ1) is 27.7. The molecule has 0 saturated carbocycles. The molecule has 5 heteroatoms. The lowest BCUT2D eigenvalue weighted by Crippen LogP contribution is -2.00. The van der Waals surface area contributed by atoms with Gasteiger partial charge in [0.1, 0.15) is 11.2 Å². The van der Waals surface area contributed by atoms with Gasteiger partial charge in [0.2, 0.25) is 0 Å². The van der Waals surface area contributed by atoms with Crippen molar-refractivity contribution in [3.05, 3.63) is 194 Å². The van der Waals surface area contributed by atoms with Crippen LogP contribution in [0, 0.1) is 0 Å². The molecule has 11 rings (SSSR count). The molecule has 0 bridgehead atoms. The van der Waals surface area contributed by atoms with Crippen LogP contribution in [0.5, 0.6) is 0 Å². The second-order valence-electron chi connectivity index (χ2n) is 14.1. The van der Waals surface area contributed by atoms with Crippen LogP contribution in [-0.4, -0.2) is 19.5 Å². The maximum Gasteiger partial charge on any atom is 0.164 e. The van der Waals surface area contributed by atoms with E-state index in [0.717, 1.165) is 61.0 Å². The number of furan rings is 1. The molecular formula is C51H32N4O. The Kier molecular flexibility index (Phi) is 7.42. The summed E-state index contributed by atoms with van der Waals surface area (Å²) in [6.45, 7) is 0. The second kappa shape index (κ2) is 13.0. The minimum atomic E-state index is 0.596. The lowest BCUT2D eigenvalue weighted by atomic mass is 10.00. The molecule has 0 saturated heterocycles. The molecule has 0 aliphatic heterocycles. The Balaban J connectivity index is 1.02. The van der Waals surface area contributed by atoms with Crippen molar-refractivity contribution in [2.24, 2.45) is 0 Å². The first kappa shape index (κ1) is 31.9. The molecule has 5 nitrogen and oxygen atoms in total. The van der Waals surface area contributed by atoms with E-state index in [4.69, 9.17) is 19.4 Å². The lowest BCUT2D eigenvalue weighted by molar-refractivity contribution is 0.669. The first-order valence-electron chi connectivity index (χ1n) is 18.8. The van der Waals surface area contributed by atoms with Crippen molar-refractivity contribution in [3.8, 4) is 62.1 Å². The highest BCUT2D eigenvalue weighted by Crippen LogP contribution is 2.39. The molecule has 0 unspecified atom stereocenters. The fourth-order valence-electron chi connectivity index (χ4n) is 7.90. The number of benzene rings is 8. The van der Waals surface area contributed by atoms with Gasteiger partial charge in [0.05, 0.1) is 11.0 Å². The average molecular weight is 717 g/mol. The number of rotatable bonds is 6. The summed E-state index contributed by atoms with van der Waals surface area (Å²) in [4.78, 5) is 14.7. The SMILES string of the molecule is c1ccc(-c2ccc3c(c2)c2ccc(-c4ccc5c(c4)oc4cc(-c6nc(-c7ccccc7)nc(-c7ccccc7)n6)ccc45)cc2n3-c2ccccc2)cc1. The molecule has 56 heavy (non-hydrogen) atoms. The third-order valence-electron chi connectivity index (χ3n) is 10.7. The van der Waals surface area contributed by atoms with Crippen molar-refractivity contribution in [1.29, 1.82) is 0 Å². The van der Waals surface area contributed by atoms with E-state index in [9.17, 15) is 0 Å². The van der Waals surface area contributed by atoms with Crippen LogP contribution in [0.1, 0.15) is 0 Å². The number of nitrogens with zero attached hydrogens (tertiary/aromatic N) is 4. The van der Waals surface area contributed by atoms with Crippen molar-refractivity contribution in [2.45, 2.75) is 0 Å². The van der Waals surface area contributed by atoms with E-state index in [1.54, 1.807) is 0 Å². The van der Waals surface area contributed by atoms with Crippen LogP contribution in [-0.2, 0) is 0 Å². The standard InChI is InChI=1S/C51H32N4O/c1-5-13-33(14-6-1)36-24-28-45-44(29-36)41-25-21-37(30-46(41)55(45)40-19-11-4-12-20-40)38-22-26-42-43-27-23-39(32-48(43)56-47(42)31-38)51-53-49(34-15-7-2-8-16-34)52-50(54-51)35-17-9-3-10-18-35/h1-32H. The normalized spacial score (nSPS) is 11.6. The number of para-hydroxylation sites is 1. The molecule has 0 aliphatic carbocycles. The van der Waals surface area contributed by atoms with Crippen LogP contribution in [0.3, 0.4) is 0 Å². The van der Waals surface area contributed by atoms with Gasteiger partial charge in [-0.1, -0.05) is 140 Å². The second-order valence-corrected chi connectivity index (χ2v) is 14.1. The molecule has 0 amide bonds. The summed E-state index contributed by atoms with van der Waals surface area (Å²) >= 11 is 0. The lowest BCUT2D eigenvalue weighted by Gasteiger charge is -2.09. The topological polar surface area (TPSA) is 56.7 Å². The van der Waals surface area contributed by atoms with Gasteiger partial charge in [-0.15, -0.1) is 0 Å². The molecule has 0 radical (unpaired) electrons. The molecule has 3 heterocycles. The predicted octanol–water partition coefficient (Wildman–Crippen LogP) is 13.2. The highest BCUT2D eigenvalue weighted by molar-refractivity contribution is 6.12. The predicted molar refractivity (Wildman–Crippen MR) is 229 cm³/mol. The average Bonchev–Trinajstić information content (AvgIpc) is 3.81. The molecule has 0 N–H and O–H groups in total. The van der Waals surface area contributed by atoms with Crippen LogP contribution >= 0.6 is 0 Å². The van der Waals surface area contributed by atoms with Crippen LogP contribution < -0.4 is 0 Å². The number of hydrogen-bond acceptors (Lipinski definition) is 4. The van der Waals surface area contributed by atoms with Crippen LogP contribution in [0.15, 0.2) is 199 Å². The van der Waals surface area contributed by atoms with Crippen molar-refractivity contribution in [2.75, 3.05) is 0 Å². The van der Waals surface area contributed by atoms with Gasteiger partial charge in [0.25, 0.3) is 0 Å². The van der Waals surface area contributed by atoms with Gasteiger partial charge in [-0.2, -0.15) is 0 Å². The maximum absolute atomic E-state index is 6.61. The van der Waals surface area contributed by atoms with Crippen molar-refractivity contribution < 1.29 is 4.42 Å². The zero-order valence-electron chi connectivity index (χ0n) is 30.2. The Labute approximate surface area is 322 Å². The Morgan fingerprint density at radius 2 is 0.750 bits per heavy atom. The fourth-order valence-corrected chi connectivity index (χ4v) is 7.90. The monoisotopic (exact) mass is 716 g/mol. The smallest absolute Gasteiger partial charge is 0.164 e. The first-order valence-corrected chi connectivity index (χ1v) is 18.8. The van der Waals surface area contributed by atoms with Crippen molar-refractivity contribution in [1.82, 2.24) is 19.5 Å². The third-order valence-corrected chi connectivity index (χ3v) is 10.7. The van der Waals surface area contributed by atoms with E-state index in [-0.39, 0.29) is 0 Å². The molecule has 11 aromatic rings. The molecule has 0 atom stereocenters. The molecule has 0 spiro atoms. The summed E-state index contributed by atoms with van der Waals surface area (Å²) in [5, 5.41) is 4.55. The molecule has 0 aliphatic rings. The van der Waals surface area contributed by atoms with E-state index in [1.807, 2.05) is 66.7 Å². The number of aromatic nitrogens is 4. The van der Waals surface area contributed by atoms with E-state index in [1.165, 1.54) is 27.4 Å². The van der Waals surface area contributed by atoms with Gasteiger partial charge < -0.3 is 8.98 Å². The van der Waals surface area contributed by atoms with Crippen LogP contribution in [0.4, 0.5) is 0 Å². The van der Waals surface area contributed by atoms with E-state index >= 15 is 0 Å². The number of fused-ring (bicyclic) bond motifs is 6. The summed E-state index contributed by atoms with van der Waals surface area (Å²) in [5.41, 5.74) is 12.4. The van der Waals surface area contributed by atoms with E-state index in [2.05, 4.69) is 132 Å². The van der Waals surface area contributed by atoms with Gasteiger partial charge in [0, 0.05) is 43.9 Å². The zero-order valence-corrected chi connectivity index (χ0v) is 30.2.